The molecule has 0 radical (unpaired) electrons. The van der Waals surface area contributed by atoms with Gasteiger partial charge in [-0.15, -0.1) is 0 Å². The lowest BCUT2D eigenvalue weighted by Crippen LogP contribution is -2.02. The number of ketones is 1. The van der Waals surface area contributed by atoms with Crippen molar-refractivity contribution in [2.45, 2.75) is 26.7 Å². The van der Waals surface area contributed by atoms with E-state index in [1.54, 1.807) is 24.7 Å². The van der Waals surface area contributed by atoms with Gasteiger partial charge in [0.15, 0.2) is 5.78 Å². The van der Waals surface area contributed by atoms with Crippen LogP contribution in [0, 0.1) is 6.92 Å². The summed E-state index contributed by atoms with van der Waals surface area (Å²) in [7, 11) is 0. The molecule has 0 N–H and O–H groups in total. The fourth-order valence-corrected chi connectivity index (χ4v) is 2.66. The molecule has 0 saturated heterocycles. The molecule has 3 aromatic heterocycles. The van der Waals surface area contributed by atoms with Gasteiger partial charge in [0.25, 0.3) is 0 Å². The zero-order chi connectivity index (χ0) is 16.4. The highest BCUT2D eigenvalue weighted by Crippen LogP contribution is 2.26. The van der Waals surface area contributed by atoms with Crippen LogP contribution in [0.1, 0.15) is 35.8 Å². The molecule has 0 aromatic carbocycles. The second-order valence-electron chi connectivity index (χ2n) is 5.48. The van der Waals surface area contributed by atoms with Crippen molar-refractivity contribution < 1.29 is 4.79 Å². The smallest absolute Gasteiger partial charge is 0.181 e. The van der Waals surface area contributed by atoms with Gasteiger partial charge in [-0.3, -0.25) is 14.8 Å². The quantitative estimate of drug-likeness (QED) is 0.518. The zero-order valence-electron chi connectivity index (χ0n) is 13.0. The summed E-state index contributed by atoms with van der Waals surface area (Å²) in [5, 5.41) is 1.34. The molecule has 3 heterocycles. The molecule has 0 unspecified atom stereocenters. The molecule has 4 nitrogen and oxygen atoms in total. The maximum atomic E-state index is 12.0. The Balaban J connectivity index is 2.01. The maximum absolute atomic E-state index is 12.0. The topological polar surface area (TPSA) is 55.7 Å². The van der Waals surface area contributed by atoms with Gasteiger partial charge >= 0.3 is 0 Å². The second kappa shape index (κ2) is 6.42. The molecule has 3 rings (SSSR count). The van der Waals surface area contributed by atoms with Gasteiger partial charge in [-0.05, 0) is 31.0 Å². The number of pyridine rings is 3. The van der Waals surface area contributed by atoms with Crippen LogP contribution in [-0.2, 0) is 0 Å². The fourth-order valence-electron chi connectivity index (χ4n) is 2.51. The van der Waals surface area contributed by atoms with Crippen LogP contribution in [0.25, 0.3) is 22.0 Å². The minimum absolute atomic E-state index is 0.0811. The zero-order valence-corrected chi connectivity index (χ0v) is 13.8. The summed E-state index contributed by atoms with van der Waals surface area (Å²) in [6, 6.07) is 5.58. The van der Waals surface area contributed by atoms with E-state index in [4.69, 9.17) is 11.6 Å². The van der Waals surface area contributed by atoms with E-state index in [-0.39, 0.29) is 5.78 Å². The third-order valence-corrected chi connectivity index (χ3v) is 3.92. The van der Waals surface area contributed by atoms with Gasteiger partial charge in [-0.25, -0.2) is 4.98 Å². The first-order chi connectivity index (χ1) is 11.1. The van der Waals surface area contributed by atoms with E-state index < -0.39 is 0 Å². The number of Topliss-reactive ketones (excluding diaryl/α,β-unsaturated/α-hetero) is 1. The van der Waals surface area contributed by atoms with E-state index in [1.165, 1.54) is 0 Å². The molecule has 0 aliphatic carbocycles. The molecule has 0 fully saturated rings. The first-order valence-electron chi connectivity index (χ1n) is 7.50. The Morgan fingerprint density at radius 1 is 1.09 bits per heavy atom. The van der Waals surface area contributed by atoms with E-state index in [1.807, 2.05) is 26.0 Å². The van der Waals surface area contributed by atoms with Crippen molar-refractivity contribution in [1.82, 2.24) is 15.0 Å². The molecule has 0 atom stereocenters. The van der Waals surface area contributed by atoms with Gasteiger partial charge in [0.1, 0.15) is 10.8 Å². The van der Waals surface area contributed by atoms with Crippen molar-refractivity contribution in [2.75, 3.05) is 0 Å². The van der Waals surface area contributed by atoms with Crippen molar-refractivity contribution in [3.05, 3.63) is 53.2 Å². The van der Waals surface area contributed by atoms with Crippen molar-refractivity contribution in [3.8, 4) is 11.1 Å². The van der Waals surface area contributed by atoms with Crippen molar-refractivity contribution in [3.63, 3.8) is 0 Å². The summed E-state index contributed by atoms with van der Waals surface area (Å²) in [6.07, 6.45) is 6.58. The summed E-state index contributed by atoms with van der Waals surface area (Å²) >= 11 is 5.88. The van der Waals surface area contributed by atoms with Crippen LogP contribution < -0.4 is 0 Å². The Labute approximate surface area is 139 Å². The number of carbonyl (C=O) groups is 1. The van der Waals surface area contributed by atoms with Crippen LogP contribution in [0.15, 0.2) is 36.8 Å². The maximum Gasteiger partial charge on any atom is 0.181 e. The number of fused-ring (bicyclic) bond motifs is 1. The van der Waals surface area contributed by atoms with E-state index in [2.05, 4.69) is 15.0 Å². The van der Waals surface area contributed by atoms with Crippen LogP contribution >= 0.6 is 11.6 Å². The Kier molecular flexibility index (Phi) is 4.35. The van der Waals surface area contributed by atoms with Crippen LogP contribution in [0.3, 0.4) is 0 Å². The van der Waals surface area contributed by atoms with E-state index >= 15 is 0 Å². The molecule has 3 aromatic rings. The number of aromatic nitrogens is 3. The summed E-state index contributed by atoms with van der Waals surface area (Å²) in [5.41, 5.74) is 4.23. The second-order valence-corrected chi connectivity index (χ2v) is 5.87. The molecule has 23 heavy (non-hydrogen) atoms. The first-order valence-corrected chi connectivity index (χ1v) is 7.88. The Hall–Kier alpha value is -2.33. The molecule has 0 aliphatic rings. The molecule has 0 amide bonds. The van der Waals surface area contributed by atoms with Crippen LogP contribution in [0.5, 0.6) is 0 Å². The minimum Gasteiger partial charge on any atom is -0.292 e. The van der Waals surface area contributed by atoms with E-state index in [0.29, 0.717) is 17.3 Å². The lowest BCUT2D eigenvalue weighted by Gasteiger charge is -2.08. The number of aryl methyl sites for hydroxylation is 1. The molecule has 0 aliphatic heterocycles. The fraction of sp³-hybridized carbons (Fsp3) is 0.222. The number of nitrogens with zero attached hydrogens (tertiary/aromatic N) is 3. The third-order valence-electron chi connectivity index (χ3n) is 3.72. The Bertz CT molecular complexity index is 893. The largest absolute Gasteiger partial charge is 0.292 e. The minimum atomic E-state index is 0.0811. The van der Waals surface area contributed by atoms with Gasteiger partial charge in [0, 0.05) is 47.6 Å². The molecule has 5 heteroatoms. The highest BCUT2D eigenvalue weighted by atomic mass is 35.5. The van der Waals surface area contributed by atoms with Crippen LogP contribution in [-0.4, -0.2) is 20.7 Å². The number of carbonyl (C=O) groups excluding carboxylic acids is 1. The monoisotopic (exact) mass is 325 g/mol. The normalized spacial score (nSPS) is 10.9. The highest BCUT2D eigenvalue weighted by Gasteiger charge is 2.10. The van der Waals surface area contributed by atoms with Crippen molar-refractivity contribution in [2.24, 2.45) is 0 Å². The molecule has 0 saturated carbocycles. The van der Waals surface area contributed by atoms with Crippen molar-refractivity contribution in [1.29, 1.82) is 0 Å². The van der Waals surface area contributed by atoms with Gasteiger partial charge in [0.05, 0.1) is 5.52 Å². The number of hydrogen-bond donors (Lipinski definition) is 0. The highest BCUT2D eigenvalue weighted by molar-refractivity contribution is 6.30. The summed E-state index contributed by atoms with van der Waals surface area (Å²) < 4.78 is 0. The lowest BCUT2D eigenvalue weighted by molar-refractivity contribution is 0.0977. The number of halogens is 1. The first kappa shape index (κ1) is 15.6. The van der Waals surface area contributed by atoms with Gasteiger partial charge < -0.3 is 0 Å². The van der Waals surface area contributed by atoms with E-state index in [0.717, 1.165) is 34.0 Å². The summed E-state index contributed by atoms with van der Waals surface area (Å²) in [6.45, 7) is 3.96. The standard InChI is InChI=1S/C18H16ClN3O/c1-3-4-17(23)16-5-11(2)14(10-21-16)12-6-13-9-22-18(19)7-15(13)20-8-12/h5-10H,3-4H2,1-2H3. The summed E-state index contributed by atoms with van der Waals surface area (Å²) in [5.74, 6) is 0.0811. The molecule has 116 valence electrons. The van der Waals surface area contributed by atoms with Crippen molar-refractivity contribution >= 4 is 28.3 Å². The van der Waals surface area contributed by atoms with E-state index in [9.17, 15) is 4.79 Å². The lowest BCUT2D eigenvalue weighted by atomic mass is 10.0. The SMILES string of the molecule is CCCC(=O)c1cc(C)c(-c2cnc3cc(Cl)ncc3c2)cn1. The molecule has 0 spiro atoms. The molecular formula is C18H16ClN3O. The van der Waals surface area contributed by atoms with Crippen LogP contribution in [0.2, 0.25) is 5.15 Å². The molecular weight excluding hydrogens is 310 g/mol. The Morgan fingerprint density at radius 2 is 1.91 bits per heavy atom. The number of rotatable bonds is 4. The number of hydrogen-bond acceptors (Lipinski definition) is 4. The predicted octanol–water partition coefficient (Wildman–Crippen LogP) is 4.64. The third kappa shape index (κ3) is 3.22. The summed E-state index contributed by atoms with van der Waals surface area (Å²) in [4.78, 5) is 24.8. The average Bonchev–Trinajstić information content (AvgIpc) is 2.54. The van der Waals surface area contributed by atoms with Crippen LogP contribution in [0.4, 0.5) is 0 Å². The predicted molar refractivity (Wildman–Crippen MR) is 91.8 cm³/mol. The Morgan fingerprint density at radius 3 is 2.65 bits per heavy atom. The average molecular weight is 326 g/mol. The van der Waals surface area contributed by atoms with Gasteiger partial charge in [-0.1, -0.05) is 18.5 Å². The van der Waals surface area contributed by atoms with Gasteiger partial charge in [0.2, 0.25) is 0 Å². The van der Waals surface area contributed by atoms with Gasteiger partial charge in [-0.2, -0.15) is 0 Å². The molecule has 0 bridgehead atoms.